The topological polar surface area (TPSA) is 51.7 Å². The number of hydrogen-bond donors (Lipinski definition) is 0. The number of thiazole rings is 1. The van der Waals surface area contributed by atoms with E-state index in [-0.39, 0.29) is 5.91 Å². The summed E-state index contributed by atoms with van der Waals surface area (Å²) in [6, 6.07) is 5.73. The van der Waals surface area contributed by atoms with Crippen molar-refractivity contribution in [3.63, 3.8) is 0 Å². The SMILES string of the molecule is COc1ccc(-c2nc(CC(=O)N3CCCCC3)cs2)cc1OC. The van der Waals surface area contributed by atoms with Crippen LogP contribution in [-0.4, -0.2) is 43.1 Å². The number of nitrogens with zero attached hydrogens (tertiary/aromatic N) is 2. The first-order chi connectivity index (χ1) is 11.7. The van der Waals surface area contributed by atoms with E-state index >= 15 is 0 Å². The van der Waals surface area contributed by atoms with Crippen LogP contribution in [0.3, 0.4) is 0 Å². The van der Waals surface area contributed by atoms with Gasteiger partial charge < -0.3 is 14.4 Å². The van der Waals surface area contributed by atoms with Crippen LogP contribution in [-0.2, 0) is 11.2 Å². The number of piperidine rings is 1. The summed E-state index contributed by atoms with van der Waals surface area (Å²) >= 11 is 1.55. The zero-order valence-electron chi connectivity index (χ0n) is 14.1. The van der Waals surface area contributed by atoms with Gasteiger partial charge in [0.25, 0.3) is 0 Å². The lowest BCUT2D eigenvalue weighted by Crippen LogP contribution is -2.36. The molecule has 1 fully saturated rings. The molecule has 1 aromatic carbocycles. The summed E-state index contributed by atoms with van der Waals surface area (Å²) in [6.07, 6.45) is 3.83. The van der Waals surface area contributed by atoms with E-state index in [0.717, 1.165) is 42.2 Å². The van der Waals surface area contributed by atoms with Crippen LogP contribution in [0.5, 0.6) is 11.5 Å². The minimum absolute atomic E-state index is 0.180. The minimum atomic E-state index is 0.180. The van der Waals surface area contributed by atoms with Crippen molar-refractivity contribution < 1.29 is 14.3 Å². The Morgan fingerprint density at radius 3 is 2.62 bits per heavy atom. The van der Waals surface area contributed by atoms with E-state index in [4.69, 9.17) is 9.47 Å². The van der Waals surface area contributed by atoms with Gasteiger partial charge in [0, 0.05) is 24.0 Å². The largest absolute Gasteiger partial charge is 0.493 e. The van der Waals surface area contributed by atoms with E-state index in [1.165, 1.54) is 6.42 Å². The average Bonchev–Trinajstić information content (AvgIpc) is 3.10. The summed E-state index contributed by atoms with van der Waals surface area (Å²) in [5.41, 5.74) is 1.80. The Labute approximate surface area is 146 Å². The standard InChI is InChI=1S/C18H22N2O3S/c1-22-15-7-6-13(10-16(15)23-2)18-19-14(12-24-18)11-17(21)20-8-4-3-5-9-20/h6-7,10,12H,3-5,8-9,11H2,1-2H3. The summed E-state index contributed by atoms with van der Waals surface area (Å²) in [5.74, 6) is 1.55. The number of amides is 1. The van der Waals surface area contributed by atoms with Gasteiger partial charge in [-0.1, -0.05) is 0 Å². The fourth-order valence-corrected chi connectivity index (χ4v) is 3.72. The molecule has 1 amide bonds. The van der Waals surface area contributed by atoms with Gasteiger partial charge in [0.2, 0.25) is 5.91 Å². The third-order valence-electron chi connectivity index (χ3n) is 4.22. The van der Waals surface area contributed by atoms with Gasteiger partial charge in [0.15, 0.2) is 11.5 Å². The smallest absolute Gasteiger partial charge is 0.228 e. The van der Waals surface area contributed by atoms with E-state index in [1.54, 1.807) is 25.6 Å². The Morgan fingerprint density at radius 1 is 1.17 bits per heavy atom. The van der Waals surface area contributed by atoms with Gasteiger partial charge in [-0.3, -0.25) is 4.79 Å². The molecule has 0 bridgehead atoms. The summed E-state index contributed by atoms with van der Waals surface area (Å²) in [6.45, 7) is 1.76. The summed E-state index contributed by atoms with van der Waals surface area (Å²) in [7, 11) is 3.23. The maximum absolute atomic E-state index is 12.4. The van der Waals surface area contributed by atoms with Crippen LogP contribution in [0.2, 0.25) is 0 Å². The number of rotatable bonds is 5. The molecule has 24 heavy (non-hydrogen) atoms. The quantitative estimate of drug-likeness (QED) is 0.833. The van der Waals surface area contributed by atoms with Crippen molar-refractivity contribution in [3.8, 4) is 22.1 Å². The molecule has 3 rings (SSSR count). The third kappa shape index (κ3) is 3.70. The highest BCUT2D eigenvalue weighted by Gasteiger charge is 2.18. The van der Waals surface area contributed by atoms with Gasteiger partial charge in [-0.15, -0.1) is 11.3 Å². The molecule has 0 spiro atoms. The lowest BCUT2D eigenvalue weighted by atomic mass is 10.1. The van der Waals surface area contributed by atoms with Gasteiger partial charge in [0.05, 0.1) is 26.3 Å². The Kier molecular flexibility index (Phi) is 5.35. The van der Waals surface area contributed by atoms with Crippen LogP contribution in [0.15, 0.2) is 23.6 Å². The first kappa shape index (κ1) is 16.8. The van der Waals surface area contributed by atoms with Crippen molar-refractivity contribution in [2.75, 3.05) is 27.3 Å². The van der Waals surface area contributed by atoms with E-state index in [1.807, 2.05) is 28.5 Å². The molecule has 1 aliphatic rings. The van der Waals surface area contributed by atoms with Crippen molar-refractivity contribution in [2.24, 2.45) is 0 Å². The molecular weight excluding hydrogens is 324 g/mol. The zero-order chi connectivity index (χ0) is 16.9. The van der Waals surface area contributed by atoms with Gasteiger partial charge in [-0.2, -0.15) is 0 Å². The van der Waals surface area contributed by atoms with Crippen LogP contribution in [0.25, 0.3) is 10.6 Å². The summed E-state index contributed by atoms with van der Waals surface area (Å²) in [5, 5.41) is 2.85. The molecule has 0 saturated carbocycles. The number of likely N-dealkylation sites (tertiary alicyclic amines) is 1. The lowest BCUT2D eigenvalue weighted by Gasteiger charge is -2.26. The highest BCUT2D eigenvalue weighted by atomic mass is 32.1. The Balaban J connectivity index is 1.72. The molecule has 6 heteroatoms. The normalized spacial score (nSPS) is 14.5. The number of ether oxygens (including phenoxy) is 2. The highest BCUT2D eigenvalue weighted by molar-refractivity contribution is 7.13. The van der Waals surface area contributed by atoms with Gasteiger partial charge >= 0.3 is 0 Å². The maximum Gasteiger partial charge on any atom is 0.228 e. The number of methoxy groups -OCH3 is 2. The van der Waals surface area contributed by atoms with Gasteiger partial charge in [-0.25, -0.2) is 4.98 Å². The van der Waals surface area contributed by atoms with Crippen molar-refractivity contribution in [3.05, 3.63) is 29.3 Å². The van der Waals surface area contributed by atoms with Crippen molar-refractivity contribution in [1.29, 1.82) is 0 Å². The number of carbonyl (C=O) groups is 1. The molecule has 1 aromatic heterocycles. The van der Waals surface area contributed by atoms with Crippen molar-refractivity contribution in [2.45, 2.75) is 25.7 Å². The fourth-order valence-electron chi connectivity index (χ4n) is 2.90. The second-order valence-electron chi connectivity index (χ2n) is 5.83. The van der Waals surface area contributed by atoms with E-state index in [9.17, 15) is 4.79 Å². The molecule has 0 atom stereocenters. The molecule has 5 nitrogen and oxygen atoms in total. The van der Waals surface area contributed by atoms with Crippen LogP contribution < -0.4 is 9.47 Å². The highest BCUT2D eigenvalue weighted by Crippen LogP contribution is 2.33. The van der Waals surface area contributed by atoms with Crippen molar-refractivity contribution >= 4 is 17.2 Å². The van der Waals surface area contributed by atoms with E-state index < -0.39 is 0 Å². The number of benzene rings is 1. The zero-order valence-corrected chi connectivity index (χ0v) is 14.9. The molecule has 0 radical (unpaired) electrons. The monoisotopic (exact) mass is 346 g/mol. The molecule has 1 aliphatic heterocycles. The fraction of sp³-hybridized carbons (Fsp3) is 0.444. The Bertz CT molecular complexity index is 708. The minimum Gasteiger partial charge on any atom is -0.493 e. The molecule has 2 heterocycles. The number of aromatic nitrogens is 1. The molecule has 0 aliphatic carbocycles. The number of carbonyl (C=O) groups excluding carboxylic acids is 1. The maximum atomic E-state index is 12.4. The molecule has 0 N–H and O–H groups in total. The van der Waals surface area contributed by atoms with Crippen LogP contribution in [0.1, 0.15) is 25.0 Å². The Morgan fingerprint density at radius 2 is 1.92 bits per heavy atom. The predicted octanol–water partition coefficient (Wildman–Crippen LogP) is 3.38. The van der Waals surface area contributed by atoms with Crippen molar-refractivity contribution in [1.82, 2.24) is 9.88 Å². The molecule has 128 valence electrons. The van der Waals surface area contributed by atoms with Gasteiger partial charge in [0.1, 0.15) is 5.01 Å². The summed E-state index contributed by atoms with van der Waals surface area (Å²) in [4.78, 5) is 18.9. The van der Waals surface area contributed by atoms with Crippen LogP contribution in [0.4, 0.5) is 0 Å². The van der Waals surface area contributed by atoms with E-state index in [2.05, 4.69) is 4.98 Å². The lowest BCUT2D eigenvalue weighted by molar-refractivity contribution is -0.131. The molecule has 1 saturated heterocycles. The predicted molar refractivity (Wildman–Crippen MR) is 94.8 cm³/mol. The first-order valence-electron chi connectivity index (χ1n) is 8.16. The second-order valence-corrected chi connectivity index (χ2v) is 6.69. The Hall–Kier alpha value is -2.08. The first-order valence-corrected chi connectivity index (χ1v) is 9.04. The van der Waals surface area contributed by atoms with Crippen LogP contribution >= 0.6 is 11.3 Å². The third-order valence-corrected chi connectivity index (χ3v) is 5.16. The second kappa shape index (κ2) is 7.66. The van der Waals surface area contributed by atoms with E-state index in [0.29, 0.717) is 17.9 Å². The summed E-state index contributed by atoms with van der Waals surface area (Å²) < 4.78 is 10.6. The average molecular weight is 346 g/mol. The molecule has 2 aromatic rings. The molecular formula is C18H22N2O3S. The molecule has 0 unspecified atom stereocenters. The van der Waals surface area contributed by atoms with Gasteiger partial charge in [-0.05, 0) is 37.5 Å². The number of hydrogen-bond acceptors (Lipinski definition) is 5. The van der Waals surface area contributed by atoms with Crippen LogP contribution in [0, 0.1) is 0 Å².